The smallest absolute Gasteiger partial charge is 0.318 e. The molecule has 2 atom stereocenters. The predicted molar refractivity (Wildman–Crippen MR) is 66.4 cm³/mol. The second-order valence-electron chi connectivity index (χ2n) is 5.00. The van der Waals surface area contributed by atoms with Crippen molar-refractivity contribution in [1.29, 1.82) is 0 Å². The summed E-state index contributed by atoms with van der Waals surface area (Å²) in [4.78, 5) is 24.4. The first-order valence-corrected chi connectivity index (χ1v) is 6.28. The fourth-order valence-corrected chi connectivity index (χ4v) is 1.74. The van der Waals surface area contributed by atoms with Crippen molar-refractivity contribution >= 4 is 12.0 Å². The number of ether oxygens (including phenoxy) is 1. The summed E-state index contributed by atoms with van der Waals surface area (Å²) in [5.74, 6) is -0.576. The van der Waals surface area contributed by atoms with Gasteiger partial charge < -0.3 is 20.1 Å². The molecule has 0 aromatic rings. The minimum absolute atomic E-state index is 0.0609. The Morgan fingerprint density at radius 2 is 2.11 bits per heavy atom. The number of nitrogens with one attached hydrogen (secondary N) is 1. The van der Waals surface area contributed by atoms with Crippen LogP contribution in [-0.4, -0.2) is 53.8 Å². The maximum atomic E-state index is 12.1. The number of hydrogen-bond acceptors (Lipinski definition) is 3. The molecule has 0 saturated carbocycles. The average molecular weight is 258 g/mol. The van der Waals surface area contributed by atoms with Crippen molar-refractivity contribution in [3.63, 3.8) is 0 Å². The topological polar surface area (TPSA) is 78.9 Å². The van der Waals surface area contributed by atoms with Crippen LogP contribution in [0.3, 0.4) is 0 Å². The SMILES string of the molecule is CC(C)C(C)NC(=O)N1CCOCC1CC(=O)O. The largest absolute Gasteiger partial charge is 0.481 e. The molecule has 0 aliphatic carbocycles. The third-order valence-corrected chi connectivity index (χ3v) is 3.25. The van der Waals surface area contributed by atoms with Crippen LogP contribution in [0.2, 0.25) is 0 Å². The number of amides is 2. The molecule has 0 aromatic carbocycles. The number of rotatable bonds is 4. The number of carboxylic acids is 1. The van der Waals surface area contributed by atoms with Gasteiger partial charge in [0.25, 0.3) is 0 Å². The molecule has 2 unspecified atom stereocenters. The number of nitrogens with zero attached hydrogens (tertiary/aromatic N) is 1. The molecule has 104 valence electrons. The Bertz CT molecular complexity index is 306. The summed E-state index contributed by atoms with van der Waals surface area (Å²) in [6.45, 7) is 7.18. The molecule has 18 heavy (non-hydrogen) atoms. The van der Waals surface area contributed by atoms with E-state index in [1.165, 1.54) is 0 Å². The van der Waals surface area contributed by atoms with Crippen molar-refractivity contribution in [3.8, 4) is 0 Å². The van der Waals surface area contributed by atoms with Gasteiger partial charge in [0, 0.05) is 12.6 Å². The van der Waals surface area contributed by atoms with E-state index in [1.807, 2.05) is 20.8 Å². The summed E-state index contributed by atoms with van der Waals surface area (Å²) >= 11 is 0. The highest BCUT2D eigenvalue weighted by atomic mass is 16.5. The van der Waals surface area contributed by atoms with Crippen LogP contribution in [0.25, 0.3) is 0 Å². The van der Waals surface area contributed by atoms with E-state index in [1.54, 1.807) is 4.90 Å². The summed E-state index contributed by atoms with van der Waals surface area (Å²) in [6.07, 6.45) is -0.0799. The molecule has 2 N–H and O–H groups in total. The molecule has 0 aromatic heterocycles. The lowest BCUT2D eigenvalue weighted by Crippen LogP contribution is -2.55. The maximum Gasteiger partial charge on any atom is 0.318 e. The summed E-state index contributed by atoms with van der Waals surface area (Å²) in [6, 6.07) is -0.521. The molecule has 6 nitrogen and oxygen atoms in total. The van der Waals surface area contributed by atoms with Gasteiger partial charge in [-0.3, -0.25) is 4.79 Å². The molecule has 1 saturated heterocycles. The second-order valence-corrected chi connectivity index (χ2v) is 5.00. The lowest BCUT2D eigenvalue weighted by molar-refractivity contribution is -0.139. The summed E-state index contributed by atoms with van der Waals surface area (Å²) in [5, 5.41) is 11.7. The predicted octanol–water partition coefficient (Wildman–Crippen LogP) is 0.916. The van der Waals surface area contributed by atoms with E-state index in [0.717, 1.165) is 0 Å². The fraction of sp³-hybridized carbons (Fsp3) is 0.833. The molecule has 6 heteroatoms. The zero-order chi connectivity index (χ0) is 13.7. The normalized spacial score (nSPS) is 21.8. The van der Waals surface area contributed by atoms with Crippen LogP contribution in [0.4, 0.5) is 4.79 Å². The van der Waals surface area contributed by atoms with E-state index in [9.17, 15) is 9.59 Å². The highest BCUT2D eigenvalue weighted by molar-refractivity contribution is 5.76. The lowest BCUT2D eigenvalue weighted by atomic mass is 10.1. The van der Waals surface area contributed by atoms with Crippen molar-refractivity contribution in [1.82, 2.24) is 10.2 Å². The van der Waals surface area contributed by atoms with E-state index < -0.39 is 5.97 Å². The Balaban J connectivity index is 2.59. The second kappa shape index (κ2) is 6.58. The minimum Gasteiger partial charge on any atom is -0.481 e. The van der Waals surface area contributed by atoms with E-state index >= 15 is 0 Å². The number of carbonyl (C=O) groups is 2. The van der Waals surface area contributed by atoms with Gasteiger partial charge in [-0.05, 0) is 12.8 Å². The Hall–Kier alpha value is -1.30. The average Bonchev–Trinajstić information content (AvgIpc) is 2.28. The zero-order valence-corrected chi connectivity index (χ0v) is 11.2. The minimum atomic E-state index is -0.916. The van der Waals surface area contributed by atoms with Crippen LogP contribution >= 0.6 is 0 Å². The number of carboxylic acid groups (broad SMARTS) is 1. The summed E-state index contributed by atoms with van der Waals surface area (Å²) in [5.41, 5.74) is 0. The van der Waals surface area contributed by atoms with Gasteiger partial charge in [0.05, 0.1) is 25.7 Å². The highest BCUT2D eigenvalue weighted by Crippen LogP contribution is 2.12. The molecule has 1 aliphatic heterocycles. The molecular weight excluding hydrogens is 236 g/mol. The number of morpholine rings is 1. The van der Waals surface area contributed by atoms with Crippen molar-refractivity contribution in [2.24, 2.45) is 5.92 Å². The Morgan fingerprint density at radius 3 is 2.67 bits per heavy atom. The van der Waals surface area contributed by atoms with Gasteiger partial charge >= 0.3 is 12.0 Å². The third-order valence-electron chi connectivity index (χ3n) is 3.25. The summed E-state index contributed by atoms with van der Waals surface area (Å²) in [7, 11) is 0. The van der Waals surface area contributed by atoms with Crippen molar-refractivity contribution < 1.29 is 19.4 Å². The van der Waals surface area contributed by atoms with Gasteiger partial charge in [-0.15, -0.1) is 0 Å². The molecule has 1 fully saturated rings. The highest BCUT2D eigenvalue weighted by Gasteiger charge is 2.29. The van der Waals surface area contributed by atoms with Crippen LogP contribution in [0.15, 0.2) is 0 Å². The van der Waals surface area contributed by atoms with Crippen LogP contribution in [-0.2, 0) is 9.53 Å². The molecular formula is C12H22N2O4. The number of urea groups is 1. The van der Waals surface area contributed by atoms with E-state index in [0.29, 0.717) is 19.1 Å². The standard InChI is InChI=1S/C12H22N2O4/c1-8(2)9(3)13-12(17)14-4-5-18-7-10(14)6-11(15)16/h8-10H,4-7H2,1-3H3,(H,13,17)(H,15,16). The zero-order valence-electron chi connectivity index (χ0n) is 11.2. The first kappa shape index (κ1) is 14.8. The van der Waals surface area contributed by atoms with Crippen LogP contribution in [0.1, 0.15) is 27.2 Å². The van der Waals surface area contributed by atoms with Crippen molar-refractivity contribution in [2.75, 3.05) is 19.8 Å². The van der Waals surface area contributed by atoms with Gasteiger partial charge in [-0.2, -0.15) is 0 Å². The summed E-state index contributed by atoms with van der Waals surface area (Å²) < 4.78 is 5.23. The molecule has 1 rings (SSSR count). The van der Waals surface area contributed by atoms with Crippen molar-refractivity contribution in [3.05, 3.63) is 0 Å². The van der Waals surface area contributed by atoms with Crippen molar-refractivity contribution in [2.45, 2.75) is 39.3 Å². The number of aliphatic carboxylic acids is 1. The Morgan fingerprint density at radius 1 is 1.44 bits per heavy atom. The van der Waals surface area contributed by atoms with E-state index in [4.69, 9.17) is 9.84 Å². The van der Waals surface area contributed by atoms with Crippen LogP contribution in [0, 0.1) is 5.92 Å². The molecule has 0 spiro atoms. The third kappa shape index (κ3) is 4.18. The quantitative estimate of drug-likeness (QED) is 0.785. The monoisotopic (exact) mass is 258 g/mol. The Labute approximate surface area is 107 Å². The van der Waals surface area contributed by atoms with Gasteiger partial charge in [0.2, 0.25) is 0 Å². The number of hydrogen-bond donors (Lipinski definition) is 2. The lowest BCUT2D eigenvalue weighted by Gasteiger charge is -2.35. The maximum absolute atomic E-state index is 12.1. The molecule has 0 bridgehead atoms. The Kier molecular flexibility index (Phi) is 5.40. The van der Waals surface area contributed by atoms with Crippen LogP contribution in [0.5, 0.6) is 0 Å². The van der Waals surface area contributed by atoms with Gasteiger partial charge in [0.1, 0.15) is 0 Å². The number of carbonyl (C=O) groups excluding carboxylic acids is 1. The van der Waals surface area contributed by atoms with Gasteiger partial charge in [0.15, 0.2) is 0 Å². The fourth-order valence-electron chi connectivity index (χ4n) is 1.74. The first-order chi connectivity index (χ1) is 8.41. The van der Waals surface area contributed by atoms with Gasteiger partial charge in [-0.1, -0.05) is 13.8 Å². The molecule has 2 amide bonds. The van der Waals surface area contributed by atoms with Crippen LogP contribution < -0.4 is 5.32 Å². The molecule has 0 radical (unpaired) electrons. The molecule has 1 aliphatic rings. The first-order valence-electron chi connectivity index (χ1n) is 6.28. The van der Waals surface area contributed by atoms with Gasteiger partial charge in [-0.25, -0.2) is 4.79 Å². The van der Waals surface area contributed by atoms with E-state index in [2.05, 4.69) is 5.32 Å². The molecule has 1 heterocycles. The van der Waals surface area contributed by atoms with E-state index in [-0.39, 0.29) is 31.1 Å².